The number of likely N-dealkylation sites (tertiary alicyclic amines) is 1. The van der Waals surface area contributed by atoms with Crippen LogP contribution in [-0.2, 0) is 6.54 Å². The Morgan fingerprint density at radius 1 is 1.44 bits per heavy atom. The van der Waals surface area contributed by atoms with Crippen molar-refractivity contribution in [3.63, 3.8) is 0 Å². The van der Waals surface area contributed by atoms with E-state index < -0.39 is 0 Å². The normalized spacial score (nSPS) is 21.4. The molecular weight excluding hydrogens is 198 g/mol. The molecule has 1 aromatic rings. The van der Waals surface area contributed by atoms with Gasteiger partial charge in [-0.25, -0.2) is 0 Å². The van der Waals surface area contributed by atoms with Crippen molar-refractivity contribution in [1.29, 1.82) is 0 Å². The summed E-state index contributed by atoms with van der Waals surface area (Å²) in [6, 6.07) is 8.75. The van der Waals surface area contributed by atoms with E-state index in [1.807, 2.05) is 18.2 Å². The number of anilines is 1. The Bertz CT molecular complexity index is 338. The topological polar surface area (TPSA) is 41.3 Å². The van der Waals surface area contributed by atoms with Crippen molar-refractivity contribution in [1.82, 2.24) is 10.2 Å². The van der Waals surface area contributed by atoms with Gasteiger partial charge in [-0.15, -0.1) is 0 Å². The zero-order valence-corrected chi connectivity index (χ0v) is 9.95. The van der Waals surface area contributed by atoms with Crippen LogP contribution in [-0.4, -0.2) is 31.1 Å². The number of rotatable bonds is 4. The van der Waals surface area contributed by atoms with Crippen molar-refractivity contribution in [3.8, 4) is 0 Å². The second kappa shape index (κ2) is 5.32. The first kappa shape index (κ1) is 11.4. The molecule has 0 bridgehead atoms. The van der Waals surface area contributed by atoms with Gasteiger partial charge in [0, 0.05) is 24.8 Å². The predicted octanol–water partition coefficient (Wildman–Crippen LogP) is 1.45. The number of nitrogen functional groups attached to an aromatic ring is 1. The SMILES string of the molecule is CN1CCCC1CNCc1ccccc1N. The average Bonchev–Trinajstić information content (AvgIpc) is 2.67. The molecule has 3 heteroatoms. The van der Waals surface area contributed by atoms with Gasteiger partial charge in [0.1, 0.15) is 0 Å². The summed E-state index contributed by atoms with van der Waals surface area (Å²) in [6.07, 6.45) is 2.64. The standard InChI is InChI=1S/C13H21N3/c1-16-8-4-6-12(16)10-15-9-11-5-2-3-7-13(11)14/h2-3,5,7,12,15H,4,6,8-10,14H2,1H3. The highest BCUT2D eigenvalue weighted by atomic mass is 15.2. The fraction of sp³-hybridized carbons (Fsp3) is 0.538. The lowest BCUT2D eigenvalue weighted by atomic mass is 10.1. The third-order valence-corrected chi connectivity index (χ3v) is 3.42. The van der Waals surface area contributed by atoms with E-state index in [4.69, 9.17) is 5.73 Å². The first-order valence-electron chi connectivity index (χ1n) is 6.01. The maximum Gasteiger partial charge on any atom is 0.0359 e. The average molecular weight is 219 g/mol. The second-order valence-electron chi connectivity index (χ2n) is 4.61. The van der Waals surface area contributed by atoms with Gasteiger partial charge in [0.05, 0.1) is 0 Å². The summed E-state index contributed by atoms with van der Waals surface area (Å²) < 4.78 is 0. The molecule has 2 rings (SSSR count). The molecule has 0 amide bonds. The third kappa shape index (κ3) is 2.74. The molecule has 0 aliphatic carbocycles. The molecule has 3 nitrogen and oxygen atoms in total. The molecule has 16 heavy (non-hydrogen) atoms. The van der Waals surface area contributed by atoms with Crippen LogP contribution in [0.4, 0.5) is 5.69 Å². The highest BCUT2D eigenvalue weighted by molar-refractivity contribution is 5.46. The van der Waals surface area contributed by atoms with Gasteiger partial charge in [0.2, 0.25) is 0 Å². The first-order valence-corrected chi connectivity index (χ1v) is 6.01. The zero-order valence-electron chi connectivity index (χ0n) is 9.95. The van der Waals surface area contributed by atoms with Crippen molar-refractivity contribution in [2.45, 2.75) is 25.4 Å². The molecule has 0 saturated carbocycles. The molecule has 0 aromatic heterocycles. The summed E-state index contributed by atoms with van der Waals surface area (Å²) >= 11 is 0. The molecule has 1 fully saturated rings. The number of hydrogen-bond acceptors (Lipinski definition) is 3. The highest BCUT2D eigenvalue weighted by Crippen LogP contribution is 2.14. The number of benzene rings is 1. The van der Waals surface area contributed by atoms with E-state index in [2.05, 4.69) is 23.3 Å². The van der Waals surface area contributed by atoms with Crippen LogP contribution in [0.25, 0.3) is 0 Å². The van der Waals surface area contributed by atoms with Crippen LogP contribution in [0.2, 0.25) is 0 Å². The maximum absolute atomic E-state index is 5.89. The molecule has 3 N–H and O–H groups in total. The Kier molecular flexibility index (Phi) is 3.80. The second-order valence-corrected chi connectivity index (χ2v) is 4.61. The van der Waals surface area contributed by atoms with Gasteiger partial charge >= 0.3 is 0 Å². The Hall–Kier alpha value is -1.06. The molecule has 0 radical (unpaired) electrons. The number of nitrogens with two attached hydrogens (primary N) is 1. The van der Waals surface area contributed by atoms with E-state index in [0.29, 0.717) is 6.04 Å². The Morgan fingerprint density at radius 3 is 2.94 bits per heavy atom. The largest absolute Gasteiger partial charge is 0.398 e. The van der Waals surface area contributed by atoms with Crippen molar-refractivity contribution in [2.75, 3.05) is 25.9 Å². The lowest BCUT2D eigenvalue weighted by Crippen LogP contribution is -2.35. The summed E-state index contributed by atoms with van der Waals surface area (Å²) in [7, 11) is 2.20. The Morgan fingerprint density at radius 2 is 2.25 bits per heavy atom. The van der Waals surface area contributed by atoms with Gasteiger partial charge < -0.3 is 16.0 Å². The summed E-state index contributed by atoms with van der Waals surface area (Å²) in [4.78, 5) is 2.43. The molecule has 1 aliphatic rings. The van der Waals surface area contributed by atoms with Gasteiger partial charge in [-0.1, -0.05) is 18.2 Å². The Labute approximate surface area is 97.6 Å². The fourth-order valence-corrected chi connectivity index (χ4v) is 2.31. The van der Waals surface area contributed by atoms with E-state index in [1.54, 1.807) is 0 Å². The number of nitrogens with one attached hydrogen (secondary N) is 1. The Balaban J connectivity index is 1.78. The van der Waals surface area contributed by atoms with E-state index >= 15 is 0 Å². The minimum Gasteiger partial charge on any atom is -0.398 e. The predicted molar refractivity (Wildman–Crippen MR) is 68.2 cm³/mol. The molecule has 88 valence electrons. The van der Waals surface area contributed by atoms with Crippen LogP contribution >= 0.6 is 0 Å². The molecule has 1 unspecified atom stereocenters. The number of hydrogen-bond donors (Lipinski definition) is 2. The van der Waals surface area contributed by atoms with Crippen LogP contribution in [0.15, 0.2) is 24.3 Å². The molecule has 1 aromatic carbocycles. The molecule has 1 heterocycles. The minimum absolute atomic E-state index is 0.699. The fourth-order valence-electron chi connectivity index (χ4n) is 2.31. The zero-order chi connectivity index (χ0) is 11.4. The van der Waals surface area contributed by atoms with E-state index in [0.717, 1.165) is 18.8 Å². The first-order chi connectivity index (χ1) is 7.77. The lowest BCUT2D eigenvalue weighted by Gasteiger charge is -2.19. The van der Waals surface area contributed by atoms with Crippen LogP contribution in [0, 0.1) is 0 Å². The van der Waals surface area contributed by atoms with Crippen LogP contribution in [0.5, 0.6) is 0 Å². The third-order valence-electron chi connectivity index (χ3n) is 3.42. The van der Waals surface area contributed by atoms with Crippen LogP contribution in [0.1, 0.15) is 18.4 Å². The molecule has 0 spiro atoms. The van der Waals surface area contributed by atoms with Crippen molar-refractivity contribution >= 4 is 5.69 Å². The van der Waals surface area contributed by atoms with Gasteiger partial charge in [0.25, 0.3) is 0 Å². The molecule has 1 atom stereocenters. The van der Waals surface area contributed by atoms with Crippen molar-refractivity contribution < 1.29 is 0 Å². The number of para-hydroxylation sites is 1. The number of likely N-dealkylation sites (N-methyl/N-ethyl adjacent to an activating group) is 1. The van der Waals surface area contributed by atoms with Crippen molar-refractivity contribution in [2.24, 2.45) is 0 Å². The van der Waals surface area contributed by atoms with E-state index in [1.165, 1.54) is 24.9 Å². The van der Waals surface area contributed by atoms with Crippen LogP contribution < -0.4 is 11.1 Å². The summed E-state index contributed by atoms with van der Waals surface area (Å²) in [6.45, 7) is 3.17. The van der Waals surface area contributed by atoms with Gasteiger partial charge in [-0.3, -0.25) is 0 Å². The summed E-state index contributed by atoms with van der Waals surface area (Å²) in [5.41, 5.74) is 7.97. The van der Waals surface area contributed by atoms with Gasteiger partial charge in [-0.05, 0) is 38.1 Å². The maximum atomic E-state index is 5.89. The lowest BCUT2D eigenvalue weighted by molar-refractivity contribution is 0.300. The minimum atomic E-state index is 0.699. The molecule has 1 aliphatic heterocycles. The highest BCUT2D eigenvalue weighted by Gasteiger charge is 2.19. The van der Waals surface area contributed by atoms with Crippen molar-refractivity contribution in [3.05, 3.63) is 29.8 Å². The molecule has 1 saturated heterocycles. The smallest absolute Gasteiger partial charge is 0.0359 e. The van der Waals surface area contributed by atoms with Gasteiger partial charge in [0.15, 0.2) is 0 Å². The van der Waals surface area contributed by atoms with E-state index in [-0.39, 0.29) is 0 Å². The molecular formula is C13H21N3. The summed E-state index contributed by atoms with van der Waals surface area (Å²) in [5.74, 6) is 0. The monoisotopic (exact) mass is 219 g/mol. The van der Waals surface area contributed by atoms with Gasteiger partial charge in [-0.2, -0.15) is 0 Å². The quantitative estimate of drug-likeness (QED) is 0.753. The summed E-state index contributed by atoms with van der Waals surface area (Å²) in [5, 5.41) is 3.49. The van der Waals surface area contributed by atoms with E-state index in [9.17, 15) is 0 Å². The number of nitrogens with zero attached hydrogens (tertiary/aromatic N) is 1. The van der Waals surface area contributed by atoms with Crippen LogP contribution in [0.3, 0.4) is 0 Å².